The Balaban J connectivity index is 3.01. The van der Waals surface area contributed by atoms with E-state index in [9.17, 15) is 8.42 Å². The van der Waals surface area contributed by atoms with Crippen molar-refractivity contribution in [2.24, 2.45) is 0 Å². The van der Waals surface area contributed by atoms with E-state index in [1.165, 1.54) is 22.5 Å². The number of benzene rings is 1. The molecule has 0 bridgehead atoms. The van der Waals surface area contributed by atoms with Crippen molar-refractivity contribution in [3.63, 3.8) is 0 Å². The molecule has 1 aromatic carbocycles. The molecule has 0 amide bonds. The van der Waals surface area contributed by atoms with Gasteiger partial charge in [-0.15, -0.1) is 0 Å². The van der Waals surface area contributed by atoms with Crippen LogP contribution in [-0.4, -0.2) is 44.1 Å². The predicted molar refractivity (Wildman–Crippen MR) is 78.3 cm³/mol. The Hall–Kier alpha value is -0.660. The zero-order chi connectivity index (χ0) is 15.2. The molecule has 1 aromatic rings. The molecule has 0 radical (unpaired) electrons. The van der Waals surface area contributed by atoms with Gasteiger partial charge in [-0.1, -0.05) is 18.5 Å². The molecule has 0 spiro atoms. The van der Waals surface area contributed by atoms with E-state index in [1.54, 1.807) is 6.92 Å². The molecule has 1 N–H and O–H groups in total. The van der Waals surface area contributed by atoms with Gasteiger partial charge in [-0.25, -0.2) is 8.42 Å². The lowest BCUT2D eigenvalue weighted by Gasteiger charge is -2.20. The number of aliphatic hydroxyl groups is 1. The third-order valence-corrected chi connectivity index (χ3v) is 5.21. The fourth-order valence-corrected chi connectivity index (χ4v) is 3.40. The molecule has 114 valence electrons. The van der Waals surface area contributed by atoms with E-state index in [1.807, 2.05) is 6.92 Å². The Morgan fingerprint density at radius 3 is 2.60 bits per heavy atom. The molecule has 0 saturated carbocycles. The quantitative estimate of drug-likeness (QED) is 0.742. The van der Waals surface area contributed by atoms with E-state index < -0.39 is 10.0 Å². The van der Waals surface area contributed by atoms with E-state index in [0.717, 1.165) is 0 Å². The summed E-state index contributed by atoms with van der Waals surface area (Å²) in [6.07, 6.45) is 0. The summed E-state index contributed by atoms with van der Waals surface area (Å²) < 4.78 is 31.5. The Bertz CT molecular complexity index is 533. The monoisotopic (exact) mass is 321 g/mol. The minimum Gasteiger partial charge on any atom is -0.392 e. The van der Waals surface area contributed by atoms with Gasteiger partial charge in [0.2, 0.25) is 10.0 Å². The summed E-state index contributed by atoms with van der Waals surface area (Å²) in [7, 11) is -3.60. The Kier molecular flexibility index (Phi) is 6.91. The number of hydrogen-bond acceptors (Lipinski definition) is 4. The molecule has 1 rings (SSSR count). The lowest BCUT2D eigenvalue weighted by molar-refractivity contribution is 0.135. The van der Waals surface area contributed by atoms with Crippen LogP contribution in [-0.2, 0) is 21.4 Å². The molecule has 0 aliphatic heterocycles. The van der Waals surface area contributed by atoms with E-state index >= 15 is 0 Å². The molecule has 0 heterocycles. The van der Waals surface area contributed by atoms with Crippen LogP contribution in [0.25, 0.3) is 0 Å². The average Bonchev–Trinajstić information content (AvgIpc) is 2.43. The lowest BCUT2D eigenvalue weighted by Crippen LogP contribution is -2.34. The van der Waals surface area contributed by atoms with Crippen LogP contribution in [0.15, 0.2) is 23.1 Å². The number of rotatable bonds is 8. The molecule has 0 aliphatic carbocycles. The van der Waals surface area contributed by atoms with Crippen LogP contribution in [0.4, 0.5) is 0 Å². The van der Waals surface area contributed by atoms with Crippen LogP contribution in [0.5, 0.6) is 0 Å². The molecule has 0 aromatic heterocycles. The normalized spacial score (nSPS) is 12.1. The Labute approximate surface area is 125 Å². The summed E-state index contributed by atoms with van der Waals surface area (Å²) in [6, 6.07) is 4.33. The van der Waals surface area contributed by atoms with Gasteiger partial charge in [0.05, 0.1) is 18.1 Å². The topological polar surface area (TPSA) is 66.8 Å². The fraction of sp³-hybridized carbons (Fsp3) is 0.538. The molecular weight excluding hydrogens is 302 g/mol. The summed E-state index contributed by atoms with van der Waals surface area (Å²) in [5.41, 5.74) is 0.397. The maximum Gasteiger partial charge on any atom is 0.243 e. The number of sulfonamides is 1. The zero-order valence-electron chi connectivity index (χ0n) is 11.7. The van der Waals surface area contributed by atoms with Crippen molar-refractivity contribution in [2.45, 2.75) is 25.3 Å². The van der Waals surface area contributed by atoms with E-state index in [4.69, 9.17) is 21.4 Å². The summed E-state index contributed by atoms with van der Waals surface area (Å²) in [4.78, 5) is 0.129. The van der Waals surface area contributed by atoms with Gasteiger partial charge in [-0.2, -0.15) is 4.31 Å². The minimum absolute atomic E-state index is 0.129. The highest BCUT2D eigenvalue weighted by molar-refractivity contribution is 7.89. The second-order valence-electron chi connectivity index (χ2n) is 4.10. The number of aliphatic hydroxyl groups excluding tert-OH is 1. The number of nitrogens with zero attached hydrogens (tertiary/aromatic N) is 1. The maximum atomic E-state index is 12.5. The van der Waals surface area contributed by atoms with Gasteiger partial charge in [0.25, 0.3) is 0 Å². The third-order valence-electron chi connectivity index (χ3n) is 2.87. The molecular formula is C13H20ClNO4S. The van der Waals surface area contributed by atoms with Gasteiger partial charge in [0.15, 0.2) is 0 Å². The number of likely N-dealkylation sites (N-methyl/N-ethyl adjacent to an activating group) is 1. The van der Waals surface area contributed by atoms with Crippen molar-refractivity contribution in [1.82, 2.24) is 4.31 Å². The van der Waals surface area contributed by atoms with Crippen molar-refractivity contribution < 1.29 is 18.3 Å². The highest BCUT2D eigenvalue weighted by Crippen LogP contribution is 2.22. The molecule has 0 fully saturated rings. The first kappa shape index (κ1) is 17.4. The summed E-state index contributed by atoms with van der Waals surface area (Å²) >= 11 is 5.87. The van der Waals surface area contributed by atoms with E-state index in [0.29, 0.717) is 36.9 Å². The SMILES string of the molecule is CCOCCN(CC)S(=O)(=O)c1ccc(Cl)c(CO)c1. The Morgan fingerprint density at radius 2 is 2.05 bits per heavy atom. The van der Waals surface area contributed by atoms with Gasteiger partial charge in [-0.05, 0) is 30.7 Å². The number of halogens is 1. The second-order valence-corrected chi connectivity index (χ2v) is 6.45. The average molecular weight is 322 g/mol. The molecule has 0 unspecified atom stereocenters. The first-order valence-electron chi connectivity index (χ1n) is 6.44. The van der Waals surface area contributed by atoms with E-state index in [-0.39, 0.29) is 11.5 Å². The molecule has 5 nitrogen and oxygen atoms in total. The smallest absolute Gasteiger partial charge is 0.243 e. The van der Waals surface area contributed by atoms with Gasteiger partial charge in [0, 0.05) is 24.7 Å². The summed E-state index contributed by atoms with van der Waals surface area (Å²) in [5, 5.41) is 9.52. The standard InChI is InChI=1S/C13H20ClNO4S/c1-3-15(7-8-19-4-2)20(17,18)12-5-6-13(14)11(9-12)10-16/h5-6,9,16H,3-4,7-8,10H2,1-2H3. The Morgan fingerprint density at radius 1 is 1.35 bits per heavy atom. The van der Waals surface area contributed by atoms with Gasteiger partial charge >= 0.3 is 0 Å². The van der Waals surface area contributed by atoms with Gasteiger partial charge in [0.1, 0.15) is 0 Å². The summed E-state index contributed by atoms with van der Waals surface area (Å²) in [6.45, 7) is 4.88. The van der Waals surface area contributed by atoms with Gasteiger partial charge < -0.3 is 9.84 Å². The zero-order valence-corrected chi connectivity index (χ0v) is 13.2. The van der Waals surface area contributed by atoms with Crippen LogP contribution in [0, 0.1) is 0 Å². The van der Waals surface area contributed by atoms with Crippen molar-refractivity contribution in [1.29, 1.82) is 0 Å². The molecule has 0 atom stereocenters. The number of ether oxygens (including phenoxy) is 1. The van der Waals surface area contributed by atoms with Crippen LogP contribution < -0.4 is 0 Å². The summed E-state index contributed by atoms with van der Waals surface area (Å²) in [5.74, 6) is 0. The third kappa shape index (κ3) is 4.17. The highest BCUT2D eigenvalue weighted by atomic mass is 35.5. The lowest BCUT2D eigenvalue weighted by atomic mass is 10.2. The van der Waals surface area contributed by atoms with Crippen molar-refractivity contribution in [3.05, 3.63) is 28.8 Å². The maximum absolute atomic E-state index is 12.5. The van der Waals surface area contributed by atoms with Crippen molar-refractivity contribution in [3.8, 4) is 0 Å². The van der Waals surface area contributed by atoms with Crippen molar-refractivity contribution >= 4 is 21.6 Å². The van der Waals surface area contributed by atoms with E-state index in [2.05, 4.69) is 0 Å². The molecule has 0 saturated heterocycles. The highest BCUT2D eigenvalue weighted by Gasteiger charge is 2.23. The minimum atomic E-state index is -3.60. The largest absolute Gasteiger partial charge is 0.392 e. The predicted octanol–water partition coefficient (Wildman–Crippen LogP) is 1.88. The second kappa shape index (κ2) is 7.95. The van der Waals surface area contributed by atoms with Crippen LogP contribution in [0.1, 0.15) is 19.4 Å². The fourth-order valence-electron chi connectivity index (χ4n) is 1.74. The first-order valence-corrected chi connectivity index (χ1v) is 8.26. The number of hydrogen-bond donors (Lipinski definition) is 1. The molecule has 7 heteroatoms. The van der Waals surface area contributed by atoms with Crippen molar-refractivity contribution in [2.75, 3.05) is 26.3 Å². The molecule has 20 heavy (non-hydrogen) atoms. The van der Waals surface area contributed by atoms with Crippen LogP contribution >= 0.6 is 11.6 Å². The van der Waals surface area contributed by atoms with Gasteiger partial charge in [-0.3, -0.25) is 0 Å². The first-order chi connectivity index (χ1) is 9.47. The van der Waals surface area contributed by atoms with Crippen LogP contribution in [0.2, 0.25) is 5.02 Å². The van der Waals surface area contributed by atoms with Crippen LogP contribution in [0.3, 0.4) is 0 Å². The molecule has 0 aliphatic rings.